The van der Waals surface area contributed by atoms with Crippen molar-refractivity contribution in [1.29, 1.82) is 0 Å². The highest BCUT2D eigenvalue weighted by molar-refractivity contribution is 7.98. The normalized spacial score (nSPS) is 16.7. The smallest absolute Gasteiger partial charge is 0.407 e. The van der Waals surface area contributed by atoms with E-state index in [2.05, 4.69) is 41.9 Å². The van der Waals surface area contributed by atoms with Crippen molar-refractivity contribution < 1.29 is 46.9 Å². The SMILES string of the molecule is CCCCC1(CCCC)CCCC(c2ccccc2)c2cc(SC)c(OCC(=O)NC(C(=O)NC(CCCCNC(=O)OC(C)(C)C)C(=O)OC(C)(C)C)c3ccc(O)cc3)cc2S(=O)(=O)C1. The summed E-state index contributed by atoms with van der Waals surface area (Å²) in [7, 11) is -3.87. The molecule has 370 valence electrons. The van der Waals surface area contributed by atoms with Gasteiger partial charge in [-0.15, -0.1) is 11.8 Å². The van der Waals surface area contributed by atoms with Gasteiger partial charge in [0.15, 0.2) is 16.4 Å². The molecule has 15 heteroatoms. The molecular weight excluding hydrogens is 891 g/mol. The van der Waals surface area contributed by atoms with Gasteiger partial charge in [-0.3, -0.25) is 9.59 Å². The third-order valence-electron chi connectivity index (χ3n) is 11.8. The molecule has 13 nitrogen and oxygen atoms in total. The summed E-state index contributed by atoms with van der Waals surface area (Å²) in [6.45, 7) is 14.4. The van der Waals surface area contributed by atoms with Crippen LogP contribution in [0.25, 0.3) is 0 Å². The molecule has 3 amide bonds. The molecule has 1 aliphatic rings. The number of phenolic OH excluding ortho intramolecular Hbond substituents is 1. The highest BCUT2D eigenvalue weighted by atomic mass is 32.2. The van der Waals surface area contributed by atoms with Crippen molar-refractivity contribution in [2.45, 2.75) is 171 Å². The van der Waals surface area contributed by atoms with Crippen molar-refractivity contribution in [3.63, 3.8) is 0 Å². The number of thioether (sulfide) groups is 1. The number of aromatic hydroxyl groups is 1. The second-order valence-corrected chi connectivity index (χ2v) is 22.6. The number of hydrogen-bond acceptors (Lipinski definition) is 11. The molecule has 0 radical (unpaired) electrons. The summed E-state index contributed by atoms with van der Waals surface area (Å²) in [6.07, 6.45) is 10.4. The quantitative estimate of drug-likeness (QED) is 0.0452. The van der Waals surface area contributed by atoms with Crippen LogP contribution in [0.2, 0.25) is 0 Å². The topological polar surface area (TPSA) is 186 Å². The Labute approximate surface area is 403 Å². The Bertz CT molecular complexity index is 2190. The number of phenols is 1. The Morgan fingerprint density at radius 1 is 0.851 bits per heavy atom. The summed E-state index contributed by atoms with van der Waals surface area (Å²) in [6, 6.07) is 16.8. The molecule has 3 atom stereocenters. The van der Waals surface area contributed by atoms with Crippen LogP contribution in [0.3, 0.4) is 0 Å². The molecule has 0 spiro atoms. The van der Waals surface area contributed by atoms with Crippen LogP contribution in [0.15, 0.2) is 76.5 Å². The summed E-state index contributed by atoms with van der Waals surface area (Å²) in [5.41, 5.74) is 0.197. The lowest BCUT2D eigenvalue weighted by molar-refractivity contribution is -0.159. The Kier molecular flexibility index (Phi) is 20.5. The predicted molar refractivity (Wildman–Crippen MR) is 264 cm³/mol. The Hall–Kier alpha value is -4.76. The highest BCUT2D eigenvalue weighted by Crippen LogP contribution is 2.47. The minimum absolute atomic E-state index is 0.0315. The number of unbranched alkanes of at least 4 members (excludes halogenated alkanes) is 3. The van der Waals surface area contributed by atoms with E-state index in [0.717, 1.165) is 68.9 Å². The first-order chi connectivity index (χ1) is 31.6. The van der Waals surface area contributed by atoms with E-state index in [9.17, 15) is 32.7 Å². The van der Waals surface area contributed by atoms with Crippen molar-refractivity contribution in [1.82, 2.24) is 16.0 Å². The third-order valence-corrected chi connectivity index (χ3v) is 14.5. The standard InChI is InChI=1S/C52H75N3O10S2/c1-10-12-28-52(29-13-11-2)30-19-22-39(36-20-15-14-16-21-36)40-32-43(66-9)42(33-44(40)67(61,62)35-52)63-34-45(57)55-46(37-24-26-38(56)27-25-37)47(58)54-41(48(59)64-50(3,4)5)23-17-18-31-53-49(60)65-51(6,7)8/h14-16,20-21,24-27,32-33,39,41,46,56H,10-13,17-19,22-23,28-31,34-35H2,1-9H3,(H,53,60)(H,54,58)(H,55,57). The Morgan fingerprint density at radius 3 is 2.09 bits per heavy atom. The van der Waals surface area contributed by atoms with Gasteiger partial charge in [0.05, 0.1) is 10.6 Å². The van der Waals surface area contributed by atoms with E-state index in [0.29, 0.717) is 23.3 Å². The van der Waals surface area contributed by atoms with Crippen LogP contribution in [-0.4, -0.2) is 79.8 Å². The molecule has 3 aromatic carbocycles. The summed E-state index contributed by atoms with van der Waals surface area (Å²) in [5, 5.41) is 18.3. The van der Waals surface area contributed by atoms with Crippen molar-refractivity contribution in [2.75, 3.05) is 25.2 Å². The zero-order valence-electron chi connectivity index (χ0n) is 41.1. The van der Waals surface area contributed by atoms with E-state index >= 15 is 0 Å². The maximum absolute atomic E-state index is 14.9. The van der Waals surface area contributed by atoms with E-state index in [1.165, 1.54) is 36.0 Å². The lowest BCUT2D eigenvalue weighted by Crippen LogP contribution is -2.49. The number of carbonyl (C=O) groups excluding carboxylic acids is 4. The van der Waals surface area contributed by atoms with Crippen molar-refractivity contribution in [3.05, 3.63) is 83.4 Å². The van der Waals surface area contributed by atoms with E-state index in [1.54, 1.807) is 47.6 Å². The lowest BCUT2D eigenvalue weighted by atomic mass is 9.75. The zero-order chi connectivity index (χ0) is 49.4. The van der Waals surface area contributed by atoms with Crippen LogP contribution in [0, 0.1) is 5.41 Å². The monoisotopic (exact) mass is 965 g/mol. The maximum atomic E-state index is 14.9. The fourth-order valence-corrected chi connectivity index (χ4v) is 11.4. The van der Waals surface area contributed by atoms with Gasteiger partial charge in [-0.1, -0.05) is 88.4 Å². The van der Waals surface area contributed by atoms with Gasteiger partial charge in [0.2, 0.25) is 5.91 Å². The lowest BCUT2D eigenvalue weighted by Gasteiger charge is -2.34. The van der Waals surface area contributed by atoms with Gasteiger partial charge in [0, 0.05) is 23.4 Å². The van der Waals surface area contributed by atoms with Crippen molar-refractivity contribution in [3.8, 4) is 11.5 Å². The van der Waals surface area contributed by atoms with Crippen molar-refractivity contribution >= 4 is 45.5 Å². The number of ether oxygens (including phenoxy) is 3. The molecule has 0 bridgehead atoms. The average Bonchev–Trinajstić information content (AvgIpc) is 3.30. The number of amides is 3. The summed E-state index contributed by atoms with van der Waals surface area (Å²) < 4.78 is 47.1. The Morgan fingerprint density at radius 2 is 1.49 bits per heavy atom. The van der Waals surface area contributed by atoms with Gasteiger partial charge in [-0.2, -0.15) is 0 Å². The number of esters is 1. The molecule has 1 heterocycles. The largest absolute Gasteiger partial charge is 0.508 e. The molecule has 0 saturated heterocycles. The number of sulfone groups is 1. The fourth-order valence-electron chi connectivity index (χ4n) is 8.58. The predicted octanol–water partition coefficient (Wildman–Crippen LogP) is 10.3. The fraction of sp³-hybridized carbons (Fsp3) is 0.577. The van der Waals surface area contributed by atoms with E-state index in [4.69, 9.17) is 14.2 Å². The number of alkyl carbamates (subject to hydrolysis) is 1. The number of rotatable bonds is 21. The first kappa shape index (κ1) is 54.8. The molecule has 0 aliphatic carbocycles. The first-order valence-electron chi connectivity index (χ1n) is 23.8. The van der Waals surface area contributed by atoms with Crippen LogP contribution in [0.4, 0.5) is 4.79 Å². The number of carbonyl (C=O) groups is 4. The van der Waals surface area contributed by atoms with Gasteiger partial charge >= 0.3 is 12.1 Å². The van der Waals surface area contributed by atoms with E-state index in [1.807, 2.05) is 30.5 Å². The van der Waals surface area contributed by atoms with Gasteiger partial charge in [0.1, 0.15) is 34.8 Å². The second kappa shape index (κ2) is 25.0. The number of nitrogens with one attached hydrogen (secondary N) is 3. The van der Waals surface area contributed by atoms with Gasteiger partial charge in [0.25, 0.3) is 5.91 Å². The molecule has 3 unspecified atom stereocenters. The summed E-state index contributed by atoms with van der Waals surface area (Å²) >= 11 is 1.39. The van der Waals surface area contributed by atoms with Gasteiger partial charge in [-0.25, -0.2) is 18.0 Å². The number of fused-ring (bicyclic) bond motifs is 1. The molecule has 4 N–H and O–H groups in total. The minimum atomic E-state index is -3.87. The van der Waals surface area contributed by atoms with Crippen LogP contribution in [-0.2, 0) is 33.7 Å². The second-order valence-electron chi connectivity index (χ2n) is 19.8. The molecule has 0 saturated carbocycles. The van der Waals surface area contributed by atoms with Crippen LogP contribution in [0.5, 0.6) is 11.5 Å². The molecule has 3 aromatic rings. The summed E-state index contributed by atoms with van der Waals surface area (Å²) in [5.74, 6) is -2.03. The molecule has 4 rings (SSSR count). The molecule has 0 aromatic heterocycles. The number of benzene rings is 3. The van der Waals surface area contributed by atoms with Crippen LogP contribution >= 0.6 is 11.8 Å². The highest BCUT2D eigenvalue weighted by Gasteiger charge is 2.39. The van der Waals surface area contributed by atoms with Gasteiger partial charge < -0.3 is 35.3 Å². The third kappa shape index (κ3) is 17.4. The van der Waals surface area contributed by atoms with Crippen molar-refractivity contribution in [2.24, 2.45) is 5.41 Å². The maximum Gasteiger partial charge on any atom is 0.407 e. The molecule has 1 aliphatic heterocycles. The summed E-state index contributed by atoms with van der Waals surface area (Å²) in [4.78, 5) is 54.6. The molecule has 0 fully saturated rings. The number of hydrogen-bond donors (Lipinski definition) is 4. The van der Waals surface area contributed by atoms with Gasteiger partial charge in [-0.05, 0) is 133 Å². The van der Waals surface area contributed by atoms with E-state index < -0.39 is 63.6 Å². The Balaban J connectivity index is 1.63. The minimum Gasteiger partial charge on any atom is -0.508 e. The molecule has 67 heavy (non-hydrogen) atoms. The first-order valence-corrected chi connectivity index (χ1v) is 26.7. The van der Waals surface area contributed by atoms with E-state index in [-0.39, 0.29) is 46.4 Å². The zero-order valence-corrected chi connectivity index (χ0v) is 42.8. The van der Waals surface area contributed by atoms with Crippen LogP contribution in [0.1, 0.15) is 161 Å². The van der Waals surface area contributed by atoms with Crippen LogP contribution < -0.4 is 20.7 Å². The average molecular weight is 966 g/mol. The molecular formula is C52H75N3O10S2.